The number of amides is 2. The highest BCUT2D eigenvalue weighted by Crippen LogP contribution is 2.20. The summed E-state index contributed by atoms with van der Waals surface area (Å²) >= 11 is 3.30. The Kier molecular flexibility index (Phi) is 6.69. The van der Waals surface area contributed by atoms with E-state index < -0.39 is 24.5 Å². The molecule has 0 radical (unpaired) electrons. The number of carbonyl (C=O) groups is 2. The van der Waals surface area contributed by atoms with Gasteiger partial charge in [0, 0.05) is 23.5 Å². The highest BCUT2D eigenvalue weighted by molar-refractivity contribution is 9.10. The number of hydrogen-bond donors (Lipinski definition) is 1. The van der Waals surface area contributed by atoms with Gasteiger partial charge in [-0.1, -0.05) is 15.9 Å². The second-order valence-electron chi connectivity index (χ2n) is 5.73. The maximum Gasteiger partial charge on any atom is 0.405 e. The Bertz CT molecular complexity index is 600. The van der Waals surface area contributed by atoms with Crippen molar-refractivity contribution in [3.05, 3.63) is 28.7 Å². The van der Waals surface area contributed by atoms with Crippen LogP contribution in [-0.2, 0) is 9.59 Å². The van der Waals surface area contributed by atoms with Crippen LogP contribution in [0.15, 0.2) is 28.7 Å². The molecule has 138 valence electrons. The Labute approximate surface area is 151 Å². The Hall–Kier alpha value is -1.77. The molecule has 0 spiro atoms. The molecule has 1 aromatic carbocycles. The molecular weight excluding hydrogens is 405 g/mol. The molecule has 0 unspecified atom stereocenters. The van der Waals surface area contributed by atoms with Crippen LogP contribution < -0.4 is 10.1 Å². The molecule has 2 amide bonds. The minimum absolute atomic E-state index is 0.118. The van der Waals surface area contributed by atoms with Crippen molar-refractivity contribution >= 4 is 27.7 Å². The van der Waals surface area contributed by atoms with Crippen molar-refractivity contribution in [2.45, 2.75) is 19.0 Å². The number of alkyl halides is 3. The molecule has 9 heteroatoms. The Morgan fingerprint density at radius 3 is 2.36 bits per heavy atom. The molecule has 1 fully saturated rings. The van der Waals surface area contributed by atoms with Crippen LogP contribution in [0.1, 0.15) is 12.8 Å². The first-order valence-corrected chi connectivity index (χ1v) is 8.54. The molecule has 1 aliphatic rings. The number of nitrogens with zero attached hydrogens (tertiary/aromatic N) is 1. The quantitative estimate of drug-likeness (QED) is 0.793. The van der Waals surface area contributed by atoms with Crippen molar-refractivity contribution in [2.24, 2.45) is 5.92 Å². The molecule has 0 saturated carbocycles. The van der Waals surface area contributed by atoms with Gasteiger partial charge in [0.15, 0.2) is 6.61 Å². The molecule has 2 rings (SSSR count). The number of ether oxygens (including phenoxy) is 1. The summed E-state index contributed by atoms with van der Waals surface area (Å²) in [4.78, 5) is 25.4. The van der Waals surface area contributed by atoms with Gasteiger partial charge in [-0.3, -0.25) is 9.59 Å². The molecular formula is C16H18BrF3N2O3. The number of rotatable bonds is 5. The molecule has 1 aromatic rings. The molecule has 0 bridgehead atoms. The molecule has 1 N–H and O–H groups in total. The van der Waals surface area contributed by atoms with Gasteiger partial charge in [0.05, 0.1) is 0 Å². The van der Waals surface area contributed by atoms with E-state index in [-0.39, 0.29) is 12.5 Å². The maximum atomic E-state index is 12.1. The summed E-state index contributed by atoms with van der Waals surface area (Å²) in [6, 6.07) is 7.05. The second-order valence-corrected chi connectivity index (χ2v) is 6.65. The zero-order chi connectivity index (χ0) is 18.4. The zero-order valence-electron chi connectivity index (χ0n) is 13.3. The van der Waals surface area contributed by atoms with Gasteiger partial charge in [-0.25, -0.2) is 0 Å². The topological polar surface area (TPSA) is 58.6 Å². The standard InChI is InChI=1S/C16H18BrF3N2O3/c17-12-1-3-13(4-2-12)25-9-14(23)22-7-5-11(6-8-22)15(24)21-10-16(18,19)20/h1-4,11H,5-10H2,(H,21,24). The summed E-state index contributed by atoms with van der Waals surface area (Å²) in [6.07, 6.45) is -3.74. The molecule has 0 aliphatic carbocycles. The summed E-state index contributed by atoms with van der Waals surface area (Å²) < 4.78 is 42.7. The van der Waals surface area contributed by atoms with Gasteiger partial charge in [0.25, 0.3) is 5.91 Å². The number of nitrogens with one attached hydrogen (secondary N) is 1. The van der Waals surface area contributed by atoms with E-state index in [0.29, 0.717) is 31.7 Å². The van der Waals surface area contributed by atoms with Crippen LogP contribution in [0.3, 0.4) is 0 Å². The molecule has 25 heavy (non-hydrogen) atoms. The van der Waals surface area contributed by atoms with Crippen LogP contribution in [0.25, 0.3) is 0 Å². The van der Waals surface area contributed by atoms with E-state index in [1.54, 1.807) is 29.2 Å². The minimum Gasteiger partial charge on any atom is -0.484 e. The van der Waals surface area contributed by atoms with E-state index in [0.717, 1.165) is 4.47 Å². The predicted octanol–water partition coefficient (Wildman–Crippen LogP) is 2.75. The van der Waals surface area contributed by atoms with E-state index in [9.17, 15) is 22.8 Å². The smallest absolute Gasteiger partial charge is 0.405 e. The normalized spacial score (nSPS) is 15.8. The van der Waals surface area contributed by atoms with E-state index in [1.165, 1.54) is 0 Å². The molecule has 1 aliphatic heterocycles. The van der Waals surface area contributed by atoms with E-state index in [1.807, 2.05) is 5.32 Å². The number of piperidine rings is 1. The third-order valence-corrected chi connectivity index (χ3v) is 4.39. The van der Waals surface area contributed by atoms with Crippen LogP contribution in [0, 0.1) is 5.92 Å². The highest BCUT2D eigenvalue weighted by atomic mass is 79.9. The lowest BCUT2D eigenvalue weighted by Crippen LogP contribution is -2.45. The van der Waals surface area contributed by atoms with E-state index in [4.69, 9.17) is 4.74 Å². The highest BCUT2D eigenvalue weighted by Gasteiger charge is 2.31. The van der Waals surface area contributed by atoms with Gasteiger partial charge in [0.2, 0.25) is 5.91 Å². The fourth-order valence-corrected chi connectivity index (χ4v) is 2.75. The van der Waals surface area contributed by atoms with E-state index in [2.05, 4.69) is 15.9 Å². The lowest BCUT2D eigenvalue weighted by Gasteiger charge is -2.31. The summed E-state index contributed by atoms with van der Waals surface area (Å²) in [5, 5.41) is 1.89. The molecule has 0 aromatic heterocycles. The zero-order valence-corrected chi connectivity index (χ0v) is 14.9. The number of likely N-dealkylation sites (tertiary alicyclic amines) is 1. The van der Waals surface area contributed by atoms with Crippen molar-refractivity contribution in [1.29, 1.82) is 0 Å². The Morgan fingerprint density at radius 1 is 1.20 bits per heavy atom. The SMILES string of the molecule is O=C(NCC(F)(F)F)C1CCN(C(=O)COc2ccc(Br)cc2)CC1. The summed E-state index contributed by atoms with van der Waals surface area (Å²) in [5.74, 6) is -0.760. The first-order valence-electron chi connectivity index (χ1n) is 7.75. The van der Waals surface area contributed by atoms with Gasteiger partial charge in [-0.2, -0.15) is 13.2 Å². The molecule has 1 saturated heterocycles. The largest absolute Gasteiger partial charge is 0.484 e. The lowest BCUT2D eigenvalue weighted by atomic mass is 9.96. The third kappa shape index (κ3) is 6.56. The Balaban J connectivity index is 1.72. The van der Waals surface area contributed by atoms with Crippen LogP contribution >= 0.6 is 15.9 Å². The Morgan fingerprint density at radius 2 is 1.80 bits per heavy atom. The fourth-order valence-electron chi connectivity index (χ4n) is 2.49. The first-order chi connectivity index (χ1) is 11.7. The number of carbonyl (C=O) groups excluding carboxylic acids is 2. The van der Waals surface area contributed by atoms with Gasteiger partial charge >= 0.3 is 6.18 Å². The number of halogens is 4. The maximum absolute atomic E-state index is 12.1. The van der Waals surface area contributed by atoms with Crippen molar-refractivity contribution in [1.82, 2.24) is 10.2 Å². The van der Waals surface area contributed by atoms with Crippen molar-refractivity contribution in [3.8, 4) is 5.75 Å². The summed E-state index contributed by atoms with van der Waals surface area (Å²) in [6.45, 7) is -0.794. The average Bonchev–Trinajstić information content (AvgIpc) is 2.58. The monoisotopic (exact) mass is 422 g/mol. The van der Waals surface area contributed by atoms with E-state index >= 15 is 0 Å². The summed E-state index contributed by atoms with van der Waals surface area (Å²) in [5.41, 5.74) is 0. The minimum atomic E-state index is -4.42. The van der Waals surface area contributed by atoms with Crippen molar-refractivity contribution < 1.29 is 27.5 Å². The van der Waals surface area contributed by atoms with Crippen LogP contribution in [-0.4, -0.2) is 49.1 Å². The molecule has 0 atom stereocenters. The number of benzene rings is 1. The third-order valence-electron chi connectivity index (χ3n) is 3.86. The molecule has 5 nitrogen and oxygen atoms in total. The van der Waals surface area contributed by atoms with Crippen molar-refractivity contribution in [2.75, 3.05) is 26.2 Å². The predicted molar refractivity (Wildman–Crippen MR) is 88.0 cm³/mol. The van der Waals surface area contributed by atoms with Crippen LogP contribution in [0.2, 0.25) is 0 Å². The fraction of sp³-hybridized carbons (Fsp3) is 0.500. The van der Waals surface area contributed by atoms with Crippen molar-refractivity contribution in [3.63, 3.8) is 0 Å². The first kappa shape index (κ1) is 19.6. The summed E-state index contributed by atoms with van der Waals surface area (Å²) in [7, 11) is 0. The lowest BCUT2D eigenvalue weighted by molar-refractivity contribution is -0.143. The molecule has 1 heterocycles. The van der Waals surface area contributed by atoms with Gasteiger partial charge < -0.3 is 15.0 Å². The van der Waals surface area contributed by atoms with Gasteiger partial charge in [-0.05, 0) is 37.1 Å². The van der Waals surface area contributed by atoms with Crippen LogP contribution in [0.5, 0.6) is 5.75 Å². The van der Waals surface area contributed by atoms with Gasteiger partial charge in [0.1, 0.15) is 12.3 Å². The van der Waals surface area contributed by atoms with Crippen LogP contribution in [0.4, 0.5) is 13.2 Å². The second kappa shape index (κ2) is 8.55. The van der Waals surface area contributed by atoms with Gasteiger partial charge in [-0.15, -0.1) is 0 Å². The average molecular weight is 423 g/mol. The number of hydrogen-bond acceptors (Lipinski definition) is 3.